The highest BCUT2D eigenvalue weighted by molar-refractivity contribution is 5.96. The van der Waals surface area contributed by atoms with Crippen LogP contribution in [0.25, 0.3) is 0 Å². The maximum atomic E-state index is 12.4. The molecule has 2 N–H and O–H groups in total. The average molecular weight is 441 g/mol. The number of hydrogen-bond acceptors (Lipinski definition) is 10. The number of non-ortho nitro benzene ring substituents is 1. The van der Waals surface area contributed by atoms with Crippen molar-refractivity contribution in [1.29, 1.82) is 0 Å². The molecule has 0 aliphatic carbocycles. The maximum Gasteiger partial charge on any atom is 0.341 e. The Bertz CT molecular complexity index is 1140. The van der Waals surface area contributed by atoms with E-state index >= 15 is 0 Å². The zero-order valence-corrected chi connectivity index (χ0v) is 17.2. The van der Waals surface area contributed by atoms with Gasteiger partial charge in [-0.1, -0.05) is 17.3 Å². The molecule has 32 heavy (non-hydrogen) atoms. The van der Waals surface area contributed by atoms with Crippen molar-refractivity contribution in [3.63, 3.8) is 0 Å². The molecule has 166 valence electrons. The summed E-state index contributed by atoms with van der Waals surface area (Å²) in [5, 5.41) is 20.1. The number of para-hydroxylation sites is 2. The summed E-state index contributed by atoms with van der Waals surface area (Å²) >= 11 is 0. The van der Waals surface area contributed by atoms with E-state index in [4.69, 9.17) is 14.0 Å². The second kappa shape index (κ2) is 10.0. The summed E-state index contributed by atoms with van der Waals surface area (Å²) in [6.45, 7) is -0.369. The maximum absolute atomic E-state index is 12.4. The van der Waals surface area contributed by atoms with E-state index in [0.29, 0.717) is 17.1 Å². The van der Waals surface area contributed by atoms with E-state index in [1.54, 1.807) is 31.3 Å². The topological polar surface area (TPSA) is 159 Å². The van der Waals surface area contributed by atoms with Crippen LogP contribution in [0.1, 0.15) is 22.1 Å². The van der Waals surface area contributed by atoms with Crippen LogP contribution in [-0.4, -0.2) is 41.1 Å². The fourth-order valence-corrected chi connectivity index (χ4v) is 2.74. The first kappa shape index (κ1) is 22.2. The molecule has 0 spiro atoms. The lowest BCUT2D eigenvalue weighted by Crippen LogP contribution is -2.15. The zero-order chi connectivity index (χ0) is 23.1. The number of nitrogens with zero attached hydrogens (tertiary/aromatic N) is 3. The minimum atomic E-state index is -0.813. The Balaban J connectivity index is 1.60. The number of rotatable bonds is 9. The highest BCUT2D eigenvalue weighted by Crippen LogP contribution is 2.24. The Morgan fingerprint density at radius 2 is 1.97 bits per heavy atom. The summed E-state index contributed by atoms with van der Waals surface area (Å²) in [6, 6.07) is 10.7. The minimum Gasteiger partial charge on any atom is -0.495 e. The lowest BCUT2D eigenvalue weighted by atomic mass is 10.1. The number of aromatic nitrogens is 2. The van der Waals surface area contributed by atoms with Gasteiger partial charge in [0.1, 0.15) is 5.75 Å². The molecule has 0 saturated heterocycles. The van der Waals surface area contributed by atoms with Gasteiger partial charge in [0.2, 0.25) is 5.91 Å². The van der Waals surface area contributed by atoms with E-state index in [9.17, 15) is 19.7 Å². The third-order valence-corrected chi connectivity index (χ3v) is 4.24. The standard InChI is InChI=1S/C20H19N5O7/c1-21-14-8-7-12(25(28)29)9-13(14)20(27)31-11-19-23-17(24-32-19)10-18(26)22-15-5-3-4-6-16(15)30-2/h3-9,21H,10-11H2,1-2H3,(H,22,26). The van der Waals surface area contributed by atoms with Crippen LogP contribution in [0.2, 0.25) is 0 Å². The highest BCUT2D eigenvalue weighted by atomic mass is 16.6. The summed E-state index contributed by atoms with van der Waals surface area (Å²) in [4.78, 5) is 39.0. The van der Waals surface area contributed by atoms with Gasteiger partial charge in [0.25, 0.3) is 11.6 Å². The Hall–Kier alpha value is -4.48. The summed E-state index contributed by atoms with van der Waals surface area (Å²) in [7, 11) is 3.06. The number of nitro groups is 1. The molecule has 12 heteroatoms. The normalized spacial score (nSPS) is 10.3. The van der Waals surface area contributed by atoms with Crippen LogP contribution in [0.5, 0.6) is 5.75 Å². The molecule has 0 radical (unpaired) electrons. The average Bonchev–Trinajstić information content (AvgIpc) is 3.24. The fraction of sp³-hybridized carbons (Fsp3) is 0.200. The monoisotopic (exact) mass is 441 g/mol. The fourth-order valence-electron chi connectivity index (χ4n) is 2.74. The van der Waals surface area contributed by atoms with E-state index in [0.717, 1.165) is 6.07 Å². The molecule has 1 amide bonds. The van der Waals surface area contributed by atoms with E-state index in [-0.39, 0.29) is 36.0 Å². The molecule has 0 bridgehead atoms. The van der Waals surface area contributed by atoms with E-state index < -0.39 is 16.8 Å². The van der Waals surface area contributed by atoms with Crippen LogP contribution in [0, 0.1) is 10.1 Å². The van der Waals surface area contributed by atoms with Gasteiger partial charge in [0, 0.05) is 24.9 Å². The number of methoxy groups -OCH3 is 1. The van der Waals surface area contributed by atoms with Gasteiger partial charge in [-0.15, -0.1) is 0 Å². The summed E-state index contributed by atoms with van der Waals surface area (Å²) in [5.41, 5.74) is 0.587. The smallest absolute Gasteiger partial charge is 0.341 e. The first-order chi connectivity index (χ1) is 15.4. The molecule has 0 fully saturated rings. The van der Waals surface area contributed by atoms with Crippen molar-refractivity contribution >= 4 is 28.9 Å². The van der Waals surface area contributed by atoms with Gasteiger partial charge < -0.3 is 24.6 Å². The molecule has 3 aromatic rings. The molecule has 0 aliphatic heterocycles. The Labute approximate surface area is 181 Å². The highest BCUT2D eigenvalue weighted by Gasteiger charge is 2.19. The number of esters is 1. The third kappa shape index (κ3) is 5.36. The molecular weight excluding hydrogens is 422 g/mol. The number of benzene rings is 2. The third-order valence-electron chi connectivity index (χ3n) is 4.24. The molecule has 1 heterocycles. The van der Waals surface area contributed by atoms with E-state index in [1.807, 2.05) is 0 Å². The molecule has 3 rings (SSSR count). The predicted octanol–water partition coefficient (Wildman–Crippen LogP) is 2.57. The van der Waals surface area contributed by atoms with Crippen molar-refractivity contribution in [2.75, 3.05) is 24.8 Å². The van der Waals surface area contributed by atoms with Gasteiger partial charge in [-0.25, -0.2) is 4.79 Å². The molecule has 1 aromatic heterocycles. The Morgan fingerprint density at radius 1 is 1.19 bits per heavy atom. The molecule has 0 unspecified atom stereocenters. The van der Waals surface area contributed by atoms with Crippen molar-refractivity contribution in [2.45, 2.75) is 13.0 Å². The number of amides is 1. The van der Waals surface area contributed by atoms with E-state index in [2.05, 4.69) is 20.8 Å². The lowest BCUT2D eigenvalue weighted by molar-refractivity contribution is -0.384. The van der Waals surface area contributed by atoms with Crippen LogP contribution in [0.15, 0.2) is 47.0 Å². The van der Waals surface area contributed by atoms with Gasteiger partial charge in [-0.2, -0.15) is 4.98 Å². The Morgan fingerprint density at radius 3 is 2.69 bits per heavy atom. The molecule has 0 atom stereocenters. The molecular formula is C20H19N5O7. The Kier molecular flexibility index (Phi) is 6.95. The summed E-state index contributed by atoms with van der Waals surface area (Å²) in [5.74, 6) is -0.644. The van der Waals surface area contributed by atoms with Crippen molar-refractivity contribution in [3.8, 4) is 5.75 Å². The number of nitrogens with one attached hydrogen (secondary N) is 2. The largest absolute Gasteiger partial charge is 0.495 e. The number of carbonyl (C=O) groups excluding carboxylic acids is 2. The van der Waals surface area contributed by atoms with Gasteiger partial charge >= 0.3 is 5.97 Å². The van der Waals surface area contributed by atoms with Crippen LogP contribution in [0.4, 0.5) is 17.1 Å². The zero-order valence-electron chi connectivity index (χ0n) is 17.2. The van der Waals surface area contributed by atoms with Crippen molar-refractivity contribution in [1.82, 2.24) is 10.1 Å². The first-order valence-corrected chi connectivity index (χ1v) is 9.29. The van der Waals surface area contributed by atoms with Gasteiger partial charge in [-0.3, -0.25) is 14.9 Å². The van der Waals surface area contributed by atoms with Crippen molar-refractivity contribution in [3.05, 3.63) is 69.9 Å². The SMILES string of the molecule is CNc1ccc([N+](=O)[O-])cc1C(=O)OCc1nc(CC(=O)Nc2ccccc2OC)no1. The quantitative estimate of drug-likeness (QED) is 0.287. The van der Waals surface area contributed by atoms with Crippen LogP contribution in [0.3, 0.4) is 0 Å². The molecule has 12 nitrogen and oxygen atoms in total. The molecule has 0 aliphatic rings. The minimum absolute atomic E-state index is 0.0161. The van der Waals surface area contributed by atoms with Gasteiger partial charge in [-0.05, 0) is 18.2 Å². The van der Waals surface area contributed by atoms with Crippen molar-refractivity contribution in [2.24, 2.45) is 0 Å². The number of ether oxygens (including phenoxy) is 2. The number of nitro benzene ring substituents is 1. The number of anilines is 2. The van der Waals surface area contributed by atoms with Gasteiger partial charge in [0.05, 0.1) is 29.7 Å². The second-order valence-electron chi connectivity index (χ2n) is 6.34. The molecule has 0 saturated carbocycles. The number of carbonyl (C=O) groups is 2. The van der Waals surface area contributed by atoms with Crippen LogP contribution >= 0.6 is 0 Å². The predicted molar refractivity (Wildman–Crippen MR) is 111 cm³/mol. The molecule has 2 aromatic carbocycles. The second-order valence-corrected chi connectivity index (χ2v) is 6.34. The summed E-state index contributed by atoms with van der Waals surface area (Å²) < 4.78 is 15.3. The first-order valence-electron chi connectivity index (χ1n) is 9.29. The van der Waals surface area contributed by atoms with Crippen molar-refractivity contribution < 1.29 is 28.5 Å². The lowest BCUT2D eigenvalue weighted by Gasteiger charge is -2.08. The summed E-state index contributed by atoms with van der Waals surface area (Å²) in [6.07, 6.45) is -0.176. The van der Waals surface area contributed by atoms with Crippen LogP contribution in [-0.2, 0) is 22.6 Å². The number of hydrogen-bond donors (Lipinski definition) is 2. The van der Waals surface area contributed by atoms with Gasteiger partial charge in [0.15, 0.2) is 12.4 Å². The van der Waals surface area contributed by atoms with Crippen LogP contribution < -0.4 is 15.4 Å². The van der Waals surface area contributed by atoms with E-state index in [1.165, 1.54) is 19.2 Å².